The Hall–Kier alpha value is 0.620. The van der Waals surface area contributed by atoms with E-state index >= 15 is 0 Å². The Labute approximate surface area is 98.8 Å². The highest BCUT2D eigenvalue weighted by molar-refractivity contribution is 7.80. The summed E-state index contributed by atoms with van der Waals surface area (Å²) in [6.45, 7) is 7.26. The van der Waals surface area contributed by atoms with Crippen LogP contribution < -0.4 is 0 Å². The van der Waals surface area contributed by atoms with Gasteiger partial charge in [-0.2, -0.15) is 25.3 Å². The van der Waals surface area contributed by atoms with Gasteiger partial charge < -0.3 is 9.80 Å². The molecule has 1 rings (SSSR count). The molecule has 1 fully saturated rings. The van der Waals surface area contributed by atoms with Gasteiger partial charge in [0.25, 0.3) is 0 Å². The fourth-order valence-electron chi connectivity index (χ4n) is 1.99. The van der Waals surface area contributed by atoms with Gasteiger partial charge in [0.15, 0.2) is 0 Å². The van der Waals surface area contributed by atoms with Crippen molar-refractivity contribution in [3.05, 3.63) is 0 Å². The summed E-state index contributed by atoms with van der Waals surface area (Å²) in [4.78, 5) is 5.07. The summed E-state index contributed by atoms with van der Waals surface area (Å²) in [6, 6.07) is 0. The van der Waals surface area contributed by atoms with Crippen LogP contribution in [0.4, 0.5) is 0 Å². The maximum atomic E-state index is 4.28. The molecule has 0 unspecified atom stereocenters. The molecule has 0 atom stereocenters. The molecular weight excluding hydrogens is 212 g/mol. The second-order valence-corrected chi connectivity index (χ2v) is 4.73. The van der Waals surface area contributed by atoms with Gasteiger partial charge >= 0.3 is 0 Å². The van der Waals surface area contributed by atoms with Crippen molar-refractivity contribution in [1.82, 2.24) is 9.80 Å². The molecule has 1 heterocycles. The van der Waals surface area contributed by atoms with Gasteiger partial charge in [0.2, 0.25) is 0 Å². The van der Waals surface area contributed by atoms with Gasteiger partial charge in [-0.05, 0) is 39.0 Å². The molecule has 0 aromatic heterocycles. The molecule has 0 N–H and O–H groups in total. The second-order valence-electron chi connectivity index (χ2n) is 3.84. The Morgan fingerprint density at radius 2 is 1.07 bits per heavy atom. The summed E-state index contributed by atoms with van der Waals surface area (Å²) < 4.78 is 0. The molecule has 0 spiro atoms. The summed E-state index contributed by atoms with van der Waals surface area (Å²) >= 11 is 8.56. The summed E-state index contributed by atoms with van der Waals surface area (Å²) in [5.41, 5.74) is 0. The average Bonchev–Trinajstić information content (AvgIpc) is 2.13. The van der Waals surface area contributed by atoms with Gasteiger partial charge in [0, 0.05) is 24.6 Å². The van der Waals surface area contributed by atoms with Crippen molar-refractivity contribution in [2.24, 2.45) is 0 Å². The highest BCUT2D eigenvalue weighted by Gasteiger charge is 2.11. The van der Waals surface area contributed by atoms with Crippen molar-refractivity contribution in [2.75, 3.05) is 50.8 Å². The van der Waals surface area contributed by atoms with Crippen LogP contribution in [-0.2, 0) is 0 Å². The van der Waals surface area contributed by atoms with Crippen molar-refractivity contribution in [3.63, 3.8) is 0 Å². The topological polar surface area (TPSA) is 6.48 Å². The number of thiol groups is 2. The van der Waals surface area contributed by atoms with E-state index in [0.717, 1.165) is 24.6 Å². The molecule has 0 amide bonds. The fourth-order valence-corrected chi connectivity index (χ4v) is 2.56. The zero-order valence-electron chi connectivity index (χ0n) is 8.86. The molecule has 0 radical (unpaired) electrons. The van der Waals surface area contributed by atoms with E-state index in [1.165, 1.54) is 39.0 Å². The Balaban J connectivity index is 2.20. The predicted molar refractivity (Wildman–Crippen MR) is 69.8 cm³/mol. The second kappa shape index (κ2) is 7.85. The third-order valence-corrected chi connectivity index (χ3v) is 3.13. The first-order chi connectivity index (χ1) is 6.86. The van der Waals surface area contributed by atoms with Crippen LogP contribution in [0, 0.1) is 0 Å². The summed E-state index contributed by atoms with van der Waals surface area (Å²) in [6.07, 6.45) is 2.59. The van der Waals surface area contributed by atoms with E-state index < -0.39 is 0 Å². The van der Waals surface area contributed by atoms with Gasteiger partial charge in [0.05, 0.1) is 0 Å². The largest absolute Gasteiger partial charge is 0.302 e. The van der Waals surface area contributed by atoms with Crippen molar-refractivity contribution in [3.8, 4) is 0 Å². The quantitative estimate of drug-likeness (QED) is 0.707. The Morgan fingerprint density at radius 1 is 0.714 bits per heavy atom. The lowest BCUT2D eigenvalue weighted by Crippen LogP contribution is -2.38. The molecule has 1 aliphatic rings. The lowest BCUT2D eigenvalue weighted by Gasteiger charge is -2.29. The van der Waals surface area contributed by atoms with Gasteiger partial charge in [-0.3, -0.25) is 0 Å². The monoisotopic (exact) mass is 234 g/mol. The highest BCUT2D eigenvalue weighted by atomic mass is 32.1. The molecule has 0 aromatic carbocycles. The smallest absolute Gasteiger partial charge is 0.00698 e. The molecule has 2 nitrogen and oxygen atoms in total. The molecule has 4 heteroatoms. The zero-order chi connectivity index (χ0) is 10.2. The zero-order valence-corrected chi connectivity index (χ0v) is 10.6. The van der Waals surface area contributed by atoms with Crippen LogP contribution in [0.5, 0.6) is 0 Å². The van der Waals surface area contributed by atoms with Crippen molar-refractivity contribution < 1.29 is 0 Å². The summed E-state index contributed by atoms with van der Waals surface area (Å²) in [7, 11) is 0. The SMILES string of the molecule is SCCN1CCCN(CCS)CCC1. The van der Waals surface area contributed by atoms with E-state index in [9.17, 15) is 0 Å². The van der Waals surface area contributed by atoms with Crippen molar-refractivity contribution >= 4 is 25.3 Å². The predicted octanol–water partition coefficient (Wildman–Crippen LogP) is 1.24. The number of rotatable bonds is 4. The highest BCUT2D eigenvalue weighted by Crippen LogP contribution is 2.04. The first-order valence-electron chi connectivity index (χ1n) is 5.53. The van der Waals surface area contributed by atoms with Gasteiger partial charge in [-0.25, -0.2) is 0 Å². The number of nitrogens with zero attached hydrogens (tertiary/aromatic N) is 2. The molecule has 0 aromatic rings. The van der Waals surface area contributed by atoms with Crippen LogP contribution in [0.2, 0.25) is 0 Å². The normalized spacial score (nSPS) is 21.9. The molecule has 0 aliphatic carbocycles. The van der Waals surface area contributed by atoms with E-state index in [1.807, 2.05) is 0 Å². The van der Waals surface area contributed by atoms with E-state index in [4.69, 9.17) is 0 Å². The van der Waals surface area contributed by atoms with E-state index in [0.29, 0.717) is 0 Å². The van der Waals surface area contributed by atoms with Crippen LogP contribution in [0.1, 0.15) is 12.8 Å². The van der Waals surface area contributed by atoms with Crippen LogP contribution in [0.15, 0.2) is 0 Å². The lowest BCUT2D eigenvalue weighted by molar-refractivity contribution is 0.194. The third kappa shape index (κ3) is 4.91. The first kappa shape index (κ1) is 12.7. The molecule has 0 saturated carbocycles. The molecule has 1 aliphatic heterocycles. The van der Waals surface area contributed by atoms with Crippen molar-refractivity contribution in [2.45, 2.75) is 12.8 Å². The van der Waals surface area contributed by atoms with Crippen molar-refractivity contribution in [1.29, 1.82) is 0 Å². The van der Waals surface area contributed by atoms with E-state index in [2.05, 4.69) is 35.1 Å². The third-order valence-electron chi connectivity index (χ3n) is 2.73. The van der Waals surface area contributed by atoms with Crippen LogP contribution in [0.25, 0.3) is 0 Å². The Morgan fingerprint density at radius 3 is 1.36 bits per heavy atom. The first-order valence-corrected chi connectivity index (χ1v) is 6.79. The maximum Gasteiger partial charge on any atom is 0.00698 e. The number of hydrogen-bond donors (Lipinski definition) is 2. The lowest BCUT2D eigenvalue weighted by atomic mass is 10.2. The Kier molecular flexibility index (Phi) is 7.12. The van der Waals surface area contributed by atoms with Crippen LogP contribution in [-0.4, -0.2) is 60.6 Å². The minimum absolute atomic E-state index is 0.986. The summed E-state index contributed by atoms with van der Waals surface area (Å²) in [5.74, 6) is 1.97. The van der Waals surface area contributed by atoms with E-state index in [-0.39, 0.29) is 0 Å². The van der Waals surface area contributed by atoms with Crippen LogP contribution >= 0.6 is 25.3 Å². The minimum atomic E-state index is 0.986. The molecule has 84 valence electrons. The average molecular weight is 234 g/mol. The minimum Gasteiger partial charge on any atom is -0.302 e. The Bertz CT molecular complexity index is 120. The van der Waals surface area contributed by atoms with E-state index in [1.54, 1.807) is 0 Å². The standard InChI is InChI=1S/C10H22N2S2/c13-9-7-11-3-1-4-12(8-10-14)6-2-5-11/h13-14H,1-10H2. The fraction of sp³-hybridized carbons (Fsp3) is 1.00. The molecule has 1 saturated heterocycles. The van der Waals surface area contributed by atoms with Gasteiger partial charge in [-0.15, -0.1) is 0 Å². The molecule has 14 heavy (non-hydrogen) atoms. The van der Waals surface area contributed by atoms with Crippen LogP contribution in [0.3, 0.4) is 0 Å². The summed E-state index contributed by atoms with van der Waals surface area (Å²) in [5, 5.41) is 0. The molecule has 0 bridgehead atoms. The molecular formula is C10H22N2S2. The number of hydrogen-bond acceptors (Lipinski definition) is 4. The van der Waals surface area contributed by atoms with Gasteiger partial charge in [0.1, 0.15) is 0 Å². The van der Waals surface area contributed by atoms with Gasteiger partial charge in [-0.1, -0.05) is 0 Å². The maximum absolute atomic E-state index is 4.28.